The molecule has 1 aliphatic heterocycles. The second-order valence-electron chi connectivity index (χ2n) is 5.29. The van der Waals surface area contributed by atoms with Gasteiger partial charge in [-0.05, 0) is 32.0 Å². The second kappa shape index (κ2) is 5.61. The highest BCUT2D eigenvalue weighted by molar-refractivity contribution is 7.91. The molecule has 1 aromatic carbocycles. The summed E-state index contributed by atoms with van der Waals surface area (Å²) in [6.07, 6.45) is 0.273. The van der Waals surface area contributed by atoms with Crippen LogP contribution in [-0.2, 0) is 14.6 Å². The monoisotopic (exact) mass is 298 g/mol. The molecule has 6 heteroatoms. The zero-order valence-corrected chi connectivity index (χ0v) is 13.0. The Morgan fingerprint density at radius 2 is 1.90 bits per heavy atom. The lowest BCUT2D eigenvalue weighted by atomic mass is 10.2. The van der Waals surface area contributed by atoms with Crippen LogP contribution >= 0.6 is 0 Å². The van der Waals surface area contributed by atoms with Crippen molar-refractivity contribution in [2.75, 3.05) is 29.5 Å². The number of morpholine rings is 1. The van der Waals surface area contributed by atoms with Crippen LogP contribution in [0.15, 0.2) is 23.1 Å². The van der Waals surface area contributed by atoms with Crippen molar-refractivity contribution in [1.29, 1.82) is 0 Å². The first kappa shape index (κ1) is 15.1. The molecular weight excluding hydrogens is 276 g/mol. The standard InChI is InChI=1S/C14H22N2O3S/c1-4-20(17,18)12-5-6-14(13(15)7-12)16-8-10(2)19-11(3)9-16/h5-7,10-11H,4,8-9,15H2,1-3H3/t10-,11+. The van der Waals surface area contributed by atoms with Crippen LogP contribution in [0.25, 0.3) is 0 Å². The molecule has 2 atom stereocenters. The first-order valence-corrected chi connectivity index (χ1v) is 8.51. The molecule has 5 nitrogen and oxygen atoms in total. The van der Waals surface area contributed by atoms with Gasteiger partial charge < -0.3 is 15.4 Å². The Bertz CT molecular complexity index is 576. The van der Waals surface area contributed by atoms with Crippen molar-refractivity contribution in [2.24, 2.45) is 0 Å². The van der Waals surface area contributed by atoms with Gasteiger partial charge in [0.25, 0.3) is 0 Å². The Morgan fingerprint density at radius 3 is 2.40 bits per heavy atom. The second-order valence-corrected chi connectivity index (χ2v) is 7.56. The molecule has 1 fully saturated rings. The summed E-state index contributed by atoms with van der Waals surface area (Å²) in [6, 6.07) is 4.98. The number of hydrogen-bond acceptors (Lipinski definition) is 5. The highest BCUT2D eigenvalue weighted by Gasteiger charge is 2.24. The van der Waals surface area contributed by atoms with Gasteiger partial charge >= 0.3 is 0 Å². The van der Waals surface area contributed by atoms with Gasteiger partial charge in [-0.25, -0.2) is 8.42 Å². The van der Waals surface area contributed by atoms with Gasteiger partial charge in [-0.15, -0.1) is 0 Å². The third-order valence-corrected chi connectivity index (χ3v) is 5.23. The molecule has 0 aromatic heterocycles. The van der Waals surface area contributed by atoms with Crippen molar-refractivity contribution < 1.29 is 13.2 Å². The molecule has 0 saturated carbocycles. The smallest absolute Gasteiger partial charge is 0.178 e. The van der Waals surface area contributed by atoms with Crippen LogP contribution in [0.4, 0.5) is 11.4 Å². The van der Waals surface area contributed by atoms with E-state index in [1.165, 1.54) is 0 Å². The van der Waals surface area contributed by atoms with E-state index in [-0.39, 0.29) is 22.9 Å². The lowest BCUT2D eigenvalue weighted by molar-refractivity contribution is -0.00517. The van der Waals surface area contributed by atoms with E-state index < -0.39 is 9.84 Å². The van der Waals surface area contributed by atoms with E-state index in [0.29, 0.717) is 5.69 Å². The molecule has 0 unspecified atom stereocenters. The molecule has 1 aliphatic rings. The topological polar surface area (TPSA) is 72.6 Å². The lowest BCUT2D eigenvalue weighted by Gasteiger charge is -2.37. The van der Waals surface area contributed by atoms with Gasteiger partial charge in [-0.3, -0.25) is 0 Å². The third-order valence-electron chi connectivity index (χ3n) is 3.50. The van der Waals surface area contributed by atoms with Crippen LogP contribution in [0.2, 0.25) is 0 Å². The average Bonchev–Trinajstić information content (AvgIpc) is 2.37. The Morgan fingerprint density at radius 1 is 1.30 bits per heavy atom. The fourth-order valence-corrected chi connectivity index (χ4v) is 3.47. The maximum absolute atomic E-state index is 11.9. The Hall–Kier alpha value is -1.27. The molecule has 0 aliphatic carbocycles. The Balaban J connectivity index is 2.30. The number of ether oxygens (including phenoxy) is 1. The molecule has 1 aromatic rings. The van der Waals surface area contributed by atoms with Crippen molar-refractivity contribution >= 4 is 21.2 Å². The summed E-state index contributed by atoms with van der Waals surface area (Å²) in [5.74, 6) is 0.0808. The van der Waals surface area contributed by atoms with Gasteiger partial charge in [0.15, 0.2) is 9.84 Å². The molecule has 112 valence electrons. The molecule has 0 bridgehead atoms. The molecule has 0 amide bonds. The fraction of sp³-hybridized carbons (Fsp3) is 0.571. The minimum absolute atomic E-state index is 0.0808. The number of nitrogens with two attached hydrogens (primary N) is 1. The number of benzene rings is 1. The van der Waals surface area contributed by atoms with Crippen LogP contribution in [0.3, 0.4) is 0 Å². The van der Waals surface area contributed by atoms with Crippen LogP contribution in [0, 0.1) is 0 Å². The number of sulfone groups is 1. The highest BCUT2D eigenvalue weighted by Crippen LogP contribution is 2.29. The Kier molecular flexibility index (Phi) is 4.25. The summed E-state index contributed by atoms with van der Waals surface area (Å²) < 4.78 is 29.4. The summed E-state index contributed by atoms with van der Waals surface area (Å²) in [6.45, 7) is 7.19. The van der Waals surface area contributed by atoms with Gasteiger partial charge in [0.1, 0.15) is 0 Å². The van der Waals surface area contributed by atoms with Crippen molar-refractivity contribution in [2.45, 2.75) is 37.9 Å². The summed E-state index contributed by atoms with van der Waals surface area (Å²) >= 11 is 0. The SMILES string of the molecule is CCS(=O)(=O)c1ccc(N2C[C@@H](C)O[C@@H](C)C2)c(N)c1. The number of rotatable bonds is 3. The predicted octanol–water partition coefficient (Wildman–Crippen LogP) is 1.68. The first-order chi connectivity index (χ1) is 9.33. The quantitative estimate of drug-likeness (QED) is 0.860. The van der Waals surface area contributed by atoms with Crippen LogP contribution < -0.4 is 10.6 Å². The van der Waals surface area contributed by atoms with Gasteiger partial charge in [-0.1, -0.05) is 6.92 Å². The number of nitrogen functional groups attached to an aromatic ring is 1. The lowest BCUT2D eigenvalue weighted by Crippen LogP contribution is -2.45. The minimum atomic E-state index is -3.21. The van der Waals surface area contributed by atoms with Gasteiger partial charge in [0.05, 0.1) is 34.2 Å². The predicted molar refractivity (Wildman–Crippen MR) is 80.8 cm³/mol. The number of nitrogens with zero attached hydrogens (tertiary/aromatic N) is 1. The maximum Gasteiger partial charge on any atom is 0.178 e. The van der Waals surface area contributed by atoms with E-state index >= 15 is 0 Å². The van der Waals surface area contributed by atoms with E-state index in [1.807, 2.05) is 13.8 Å². The normalized spacial score (nSPS) is 23.9. The molecule has 2 N–H and O–H groups in total. The Labute approximate surface area is 120 Å². The van der Waals surface area contributed by atoms with Crippen molar-refractivity contribution in [3.05, 3.63) is 18.2 Å². The number of hydrogen-bond donors (Lipinski definition) is 1. The van der Waals surface area contributed by atoms with Crippen molar-refractivity contribution in [1.82, 2.24) is 0 Å². The highest BCUT2D eigenvalue weighted by atomic mass is 32.2. The van der Waals surface area contributed by atoms with E-state index in [1.54, 1.807) is 25.1 Å². The summed E-state index contributed by atoms with van der Waals surface area (Å²) in [5, 5.41) is 0. The van der Waals surface area contributed by atoms with E-state index in [0.717, 1.165) is 18.8 Å². The third kappa shape index (κ3) is 3.07. The van der Waals surface area contributed by atoms with Crippen molar-refractivity contribution in [3.63, 3.8) is 0 Å². The fourth-order valence-electron chi connectivity index (χ4n) is 2.56. The van der Waals surface area contributed by atoms with Crippen molar-refractivity contribution in [3.8, 4) is 0 Å². The molecule has 2 rings (SSSR count). The zero-order valence-electron chi connectivity index (χ0n) is 12.2. The molecular formula is C14H22N2O3S. The first-order valence-electron chi connectivity index (χ1n) is 6.86. The molecule has 20 heavy (non-hydrogen) atoms. The minimum Gasteiger partial charge on any atom is -0.397 e. The summed E-state index contributed by atoms with van der Waals surface area (Å²) in [5.41, 5.74) is 7.43. The average molecular weight is 298 g/mol. The van der Waals surface area contributed by atoms with Crippen LogP contribution in [0.1, 0.15) is 20.8 Å². The molecule has 1 saturated heterocycles. The van der Waals surface area contributed by atoms with Gasteiger partial charge in [-0.2, -0.15) is 0 Å². The summed E-state index contributed by atoms with van der Waals surface area (Å²) in [7, 11) is -3.21. The van der Waals surface area contributed by atoms with E-state index in [4.69, 9.17) is 10.5 Å². The summed E-state index contributed by atoms with van der Waals surface area (Å²) in [4.78, 5) is 2.44. The van der Waals surface area contributed by atoms with Crippen LogP contribution in [0.5, 0.6) is 0 Å². The molecule has 1 heterocycles. The van der Waals surface area contributed by atoms with Gasteiger partial charge in [0.2, 0.25) is 0 Å². The maximum atomic E-state index is 11.9. The molecule has 0 radical (unpaired) electrons. The number of anilines is 2. The zero-order chi connectivity index (χ0) is 14.9. The largest absolute Gasteiger partial charge is 0.397 e. The van der Waals surface area contributed by atoms with E-state index in [2.05, 4.69) is 4.90 Å². The van der Waals surface area contributed by atoms with Gasteiger partial charge in [0, 0.05) is 13.1 Å². The van der Waals surface area contributed by atoms with E-state index in [9.17, 15) is 8.42 Å². The van der Waals surface area contributed by atoms with Crippen LogP contribution in [-0.4, -0.2) is 39.5 Å². The molecule has 0 spiro atoms.